The Bertz CT molecular complexity index is 1120. The maximum atomic E-state index is 14.4. The summed E-state index contributed by atoms with van der Waals surface area (Å²) in [6.07, 6.45) is 7.94. The minimum absolute atomic E-state index is 0.0234. The molecular weight excluding hydrogens is 432 g/mol. The van der Waals surface area contributed by atoms with Gasteiger partial charge in [-0.2, -0.15) is 0 Å². The van der Waals surface area contributed by atoms with Crippen LogP contribution in [-0.4, -0.2) is 17.5 Å². The molecule has 0 N–H and O–H groups in total. The molecule has 3 fully saturated rings. The van der Waals surface area contributed by atoms with Gasteiger partial charge in [0.25, 0.3) is 0 Å². The summed E-state index contributed by atoms with van der Waals surface area (Å²) >= 11 is 0. The van der Waals surface area contributed by atoms with Gasteiger partial charge in [0.05, 0.1) is 0 Å². The average molecular weight is 469 g/mol. The van der Waals surface area contributed by atoms with Crippen LogP contribution in [0.3, 0.4) is 0 Å². The molecule has 3 saturated carbocycles. The Morgan fingerprint density at radius 3 is 2.14 bits per heavy atom. The quantitative estimate of drug-likeness (QED) is 0.488. The van der Waals surface area contributed by atoms with E-state index < -0.39 is 0 Å². The van der Waals surface area contributed by atoms with Crippen LogP contribution in [0.2, 0.25) is 0 Å². The molecule has 2 amide bonds. The largest absolute Gasteiger partial charge is 0.281 e. The van der Waals surface area contributed by atoms with Gasteiger partial charge in [-0.05, 0) is 92.4 Å². The van der Waals surface area contributed by atoms with Gasteiger partial charge >= 0.3 is 0 Å². The zero-order chi connectivity index (χ0) is 24.2. The van der Waals surface area contributed by atoms with E-state index in [1.54, 1.807) is 0 Å². The second kappa shape index (κ2) is 8.43. The van der Waals surface area contributed by atoms with Gasteiger partial charge in [-0.3, -0.25) is 14.5 Å². The predicted molar refractivity (Wildman–Crippen MR) is 140 cm³/mol. The predicted octanol–water partition coefficient (Wildman–Crippen LogP) is 6.97. The van der Waals surface area contributed by atoms with Crippen molar-refractivity contribution in [2.45, 2.75) is 65.2 Å². The Morgan fingerprint density at radius 1 is 0.829 bits per heavy atom. The van der Waals surface area contributed by atoms with Crippen LogP contribution in [-0.2, 0) is 9.59 Å². The molecule has 1 heterocycles. The minimum Gasteiger partial charge on any atom is -0.281 e. The van der Waals surface area contributed by atoms with E-state index in [1.165, 1.54) is 5.71 Å². The standard InChI is InChI=1S/C31H36N2O2/c1-30-19-17-25-23(13-16-27-31(25,2)20-18-28(34)32-27)24(30)14-15-26(30)29(35)33(21-9-5-3-6-10-21)22-11-7-4-8-12-22/h3-12,23-26H,13-20H2,1-2H3/t23-,24-,25+,26?,30-,31+/m0/s1. The first kappa shape index (κ1) is 22.7. The SMILES string of the molecule is C[C@]12CCC(=O)N=C1CC[C@@H]1[C@H]2CC[C@]2(C)C(C(=O)N(c3ccccc3)c3ccccc3)CC[C@@H]12. The number of amides is 2. The van der Waals surface area contributed by atoms with Gasteiger partial charge in [-0.25, -0.2) is 4.99 Å². The first-order chi connectivity index (χ1) is 16.9. The number of benzene rings is 2. The molecule has 2 aromatic carbocycles. The van der Waals surface area contributed by atoms with Gasteiger partial charge in [0, 0.05) is 34.8 Å². The number of carbonyl (C=O) groups is 2. The molecule has 0 aromatic heterocycles. The molecule has 1 aliphatic heterocycles. The van der Waals surface area contributed by atoms with Crippen molar-refractivity contribution in [2.24, 2.45) is 39.5 Å². The number of rotatable bonds is 3. The Kier molecular flexibility index (Phi) is 5.47. The van der Waals surface area contributed by atoms with Crippen LogP contribution in [0, 0.1) is 34.5 Å². The molecule has 6 atom stereocenters. The molecule has 1 unspecified atom stereocenters. The van der Waals surface area contributed by atoms with Crippen LogP contribution in [0.5, 0.6) is 0 Å². The summed E-state index contributed by atoms with van der Waals surface area (Å²) in [7, 11) is 0. The van der Waals surface area contributed by atoms with E-state index >= 15 is 0 Å². The van der Waals surface area contributed by atoms with E-state index in [-0.39, 0.29) is 28.6 Å². The van der Waals surface area contributed by atoms with Crippen molar-refractivity contribution in [3.63, 3.8) is 0 Å². The first-order valence-corrected chi connectivity index (χ1v) is 13.5. The van der Waals surface area contributed by atoms with Crippen molar-refractivity contribution in [1.82, 2.24) is 0 Å². The number of para-hydroxylation sites is 2. The Balaban J connectivity index is 1.32. The van der Waals surface area contributed by atoms with Crippen LogP contribution in [0.1, 0.15) is 65.2 Å². The summed E-state index contributed by atoms with van der Waals surface area (Å²) in [4.78, 5) is 32.9. The summed E-state index contributed by atoms with van der Waals surface area (Å²) in [6, 6.07) is 20.2. The lowest BCUT2D eigenvalue weighted by molar-refractivity contribution is -0.129. The number of hydrogen-bond acceptors (Lipinski definition) is 2. The van der Waals surface area contributed by atoms with Crippen LogP contribution in [0.4, 0.5) is 11.4 Å². The van der Waals surface area contributed by atoms with Crippen molar-refractivity contribution >= 4 is 28.9 Å². The summed E-state index contributed by atoms with van der Waals surface area (Å²) in [6.45, 7) is 4.79. The van der Waals surface area contributed by atoms with Crippen molar-refractivity contribution in [2.75, 3.05) is 4.90 Å². The highest BCUT2D eigenvalue weighted by atomic mass is 16.2. The van der Waals surface area contributed by atoms with Crippen molar-refractivity contribution in [3.05, 3.63) is 60.7 Å². The van der Waals surface area contributed by atoms with Crippen LogP contribution < -0.4 is 4.90 Å². The van der Waals surface area contributed by atoms with Gasteiger partial charge in [0.2, 0.25) is 11.8 Å². The molecular formula is C31H36N2O2. The number of carbonyl (C=O) groups excluding carboxylic acids is 2. The smallest absolute Gasteiger partial charge is 0.245 e. The molecule has 0 spiro atoms. The van der Waals surface area contributed by atoms with E-state index in [0.29, 0.717) is 24.2 Å². The van der Waals surface area contributed by atoms with E-state index in [9.17, 15) is 9.59 Å². The maximum Gasteiger partial charge on any atom is 0.245 e. The topological polar surface area (TPSA) is 49.7 Å². The molecule has 182 valence electrons. The van der Waals surface area contributed by atoms with E-state index in [1.807, 2.05) is 65.6 Å². The number of nitrogens with zero attached hydrogens (tertiary/aromatic N) is 2. The summed E-state index contributed by atoms with van der Waals surface area (Å²) in [5.74, 6) is 2.15. The highest BCUT2D eigenvalue weighted by Crippen LogP contribution is 2.65. The number of aliphatic imine (C=N–C) groups is 1. The van der Waals surface area contributed by atoms with Gasteiger partial charge < -0.3 is 0 Å². The maximum absolute atomic E-state index is 14.4. The van der Waals surface area contributed by atoms with Crippen molar-refractivity contribution in [3.8, 4) is 0 Å². The van der Waals surface area contributed by atoms with Gasteiger partial charge in [0.15, 0.2) is 0 Å². The monoisotopic (exact) mass is 468 g/mol. The van der Waals surface area contributed by atoms with Crippen LogP contribution >= 0.6 is 0 Å². The molecule has 4 aliphatic rings. The lowest BCUT2D eigenvalue weighted by atomic mass is 9.48. The normalized spacial score (nSPS) is 35.9. The fraction of sp³-hybridized carbons (Fsp3) is 0.516. The van der Waals surface area contributed by atoms with Gasteiger partial charge in [-0.1, -0.05) is 50.2 Å². The molecule has 3 aliphatic carbocycles. The lowest BCUT2D eigenvalue weighted by Crippen LogP contribution is -2.54. The minimum atomic E-state index is 0.0234. The second-order valence-electron chi connectivity index (χ2n) is 11.8. The molecule has 0 bridgehead atoms. The first-order valence-electron chi connectivity index (χ1n) is 13.5. The van der Waals surface area contributed by atoms with Crippen LogP contribution in [0.25, 0.3) is 0 Å². The zero-order valence-corrected chi connectivity index (χ0v) is 21.0. The molecule has 0 radical (unpaired) electrons. The Morgan fingerprint density at radius 2 is 1.49 bits per heavy atom. The molecule has 2 aromatic rings. The molecule has 4 nitrogen and oxygen atoms in total. The third-order valence-corrected chi connectivity index (χ3v) is 10.3. The van der Waals surface area contributed by atoms with Crippen molar-refractivity contribution < 1.29 is 9.59 Å². The summed E-state index contributed by atoms with van der Waals surface area (Å²) < 4.78 is 0. The van der Waals surface area contributed by atoms with Gasteiger partial charge in [0.1, 0.15) is 0 Å². The van der Waals surface area contributed by atoms with E-state index in [2.05, 4.69) is 18.8 Å². The second-order valence-corrected chi connectivity index (χ2v) is 11.8. The average Bonchev–Trinajstić information content (AvgIpc) is 3.23. The third kappa shape index (κ3) is 3.51. The van der Waals surface area contributed by atoms with E-state index in [4.69, 9.17) is 0 Å². The van der Waals surface area contributed by atoms with Crippen LogP contribution in [0.15, 0.2) is 65.7 Å². The fourth-order valence-corrected chi connectivity index (χ4v) is 8.49. The van der Waals surface area contributed by atoms with Gasteiger partial charge in [-0.15, -0.1) is 0 Å². The molecule has 4 heteroatoms. The Labute approximate surface area is 208 Å². The highest BCUT2D eigenvalue weighted by molar-refractivity contribution is 6.03. The zero-order valence-electron chi connectivity index (χ0n) is 21.0. The lowest BCUT2D eigenvalue weighted by Gasteiger charge is -2.57. The molecule has 6 rings (SSSR count). The molecule has 35 heavy (non-hydrogen) atoms. The number of fused-ring (bicyclic) bond motifs is 5. The number of hydrogen-bond donors (Lipinski definition) is 0. The van der Waals surface area contributed by atoms with E-state index in [0.717, 1.165) is 56.3 Å². The highest BCUT2D eigenvalue weighted by Gasteiger charge is 2.61. The molecule has 0 saturated heterocycles. The summed E-state index contributed by atoms with van der Waals surface area (Å²) in [5, 5.41) is 0. The van der Waals surface area contributed by atoms with Crippen molar-refractivity contribution in [1.29, 1.82) is 0 Å². The Hall–Kier alpha value is -2.75. The number of anilines is 2. The summed E-state index contributed by atoms with van der Waals surface area (Å²) in [5.41, 5.74) is 3.16. The fourth-order valence-electron chi connectivity index (χ4n) is 8.49. The third-order valence-electron chi connectivity index (χ3n) is 10.3.